The Labute approximate surface area is 83.3 Å². The van der Waals surface area contributed by atoms with Crippen molar-refractivity contribution < 1.29 is 10.0 Å². The van der Waals surface area contributed by atoms with Crippen molar-refractivity contribution in [1.29, 1.82) is 0 Å². The van der Waals surface area contributed by atoms with Gasteiger partial charge in [-0.25, -0.2) is 5.48 Å². The molecule has 0 aliphatic rings. The normalized spacial score (nSPS) is 11.1. The van der Waals surface area contributed by atoms with Crippen LogP contribution in [0.4, 0.5) is 5.69 Å². The van der Waals surface area contributed by atoms with E-state index in [1.165, 1.54) is 0 Å². The molecule has 1 amide bonds. The maximum atomic E-state index is 11.0. The molecule has 14 heavy (non-hydrogen) atoms. The highest BCUT2D eigenvalue weighted by atomic mass is 16.5. The maximum Gasteiger partial charge on any atom is 0.274 e. The first-order chi connectivity index (χ1) is 6.45. The Balaban J connectivity index is 2.95. The van der Waals surface area contributed by atoms with E-state index in [2.05, 4.69) is 0 Å². The molecule has 4 heteroatoms. The minimum absolute atomic E-state index is 0.449. The number of hydrogen-bond acceptors (Lipinski definition) is 2. The molecule has 0 aliphatic carbocycles. The summed E-state index contributed by atoms with van der Waals surface area (Å²) in [7, 11) is 6.13. The smallest absolute Gasteiger partial charge is 0.274 e. The predicted molar refractivity (Wildman–Crippen MR) is 55.3 cm³/mol. The minimum atomic E-state index is -0.488. The minimum Gasteiger partial charge on any atom is -0.298 e. The summed E-state index contributed by atoms with van der Waals surface area (Å²) in [6.45, 7) is 0. The van der Waals surface area contributed by atoms with Gasteiger partial charge in [-0.15, -0.1) is 0 Å². The molecule has 2 N–H and O–H groups in total. The topological polar surface area (TPSA) is 49.3 Å². The third-order valence-corrected chi connectivity index (χ3v) is 2.01. The zero-order valence-corrected chi connectivity index (χ0v) is 8.61. The quantitative estimate of drug-likeness (QED) is 0.420. The van der Waals surface area contributed by atoms with Crippen molar-refractivity contribution in [1.82, 2.24) is 9.96 Å². The standard InChI is InChI=1S/C10H14N2O2/c1-12(2,3)9-6-4-8(5-7-9)10(13)11-14/h4-7H,1-3H3,(H-,11,13,14)/p+1. The van der Waals surface area contributed by atoms with Gasteiger partial charge in [0.25, 0.3) is 5.91 Å². The average Bonchev–Trinajstić information content (AvgIpc) is 2.15. The SMILES string of the molecule is C[N+](C)(C)c1ccc(C(=O)NO)cc1. The van der Waals surface area contributed by atoms with Crippen molar-refractivity contribution in [3.63, 3.8) is 0 Å². The Hall–Kier alpha value is -1.39. The highest BCUT2D eigenvalue weighted by Crippen LogP contribution is 2.16. The number of hydrogen-bond donors (Lipinski definition) is 2. The first-order valence-corrected chi connectivity index (χ1v) is 4.31. The second kappa shape index (κ2) is 3.77. The van der Waals surface area contributed by atoms with Gasteiger partial charge in [0.15, 0.2) is 0 Å². The molecule has 0 atom stereocenters. The fourth-order valence-electron chi connectivity index (χ4n) is 1.12. The number of carbonyl (C=O) groups excluding carboxylic acids is 1. The van der Waals surface area contributed by atoms with Gasteiger partial charge in [-0.1, -0.05) is 0 Å². The number of rotatable bonds is 2. The van der Waals surface area contributed by atoms with Crippen LogP contribution in [-0.4, -0.2) is 32.3 Å². The lowest BCUT2D eigenvalue weighted by molar-refractivity contribution is 0.0706. The monoisotopic (exact) mass is 195 g/mol. The van der Waals surface area contributed by atoms with Gasteiger partial charge >= 0.3 is 0 Å². The van der Waals surface area contributed by atoms with Crippen molar-refractivity contribution >= 4 is 11.6 Å². The number of nitrogens with one attached hydrogen (secondary N) is 1. The summed E-state index contributed by atoms with van der Waals surface area (Å²) >= 11 is 0. The second-order valence-corrected chi connectivity index (χ2v) is 4.00. The Bertz CT molecular complexity index is 325. The Morgan fingerprint density at radius 2 is 1.71 bits per heavy atom. The second-order valence-electron chi connectivity index (χ2n) is 4.00. The van der Waals surface area contributed by atoms with Gasteiger partial charge in [-0.3, -0.25) is 14.5 Å². The molecule has 0 heterocycles. The molecule has 76 valence electrons. The largest absolute Gasteiger partial charge is 0.298 e. The molecule has 4 nitrogen and oxygen atoms in total. The molecular weight excluding hydrogens is 180 g/mol. The lowest BCUT2D eigenvalue weighted by Gasteiger charge is -2.23. The van der Waals surface area contributed by atoms with Crippen LogP contribution in [0.1, 0.15) is 10.4 Å². The maximum absolute atomic E-state index is 11.0. The van der Waals surface area contributed by atoms with Crippen LogP contribution in [0.5, 0.6) is 0 Å². The van der Waals surface area contributed by atoms with E-state index >= 15 is 0 Å². The molecule has 0 fully saturated rings. The molecule has 0 aromatic heterocycles. The molecule has 0 aliphatic heterocycles. The number of benzene rings is 1. The van der Waals surface area contributed by atoms with E-state index in [9.17, 15) is 4.79 Å². The first kappa shape index (κ1) is 10.7. The fourth-order valence-corrected chi connectivity index (χ4v) is 1.12. The van der Waals surface area contributed by atoms with Crippen LogP contribution < -0.4 is 9.96 Å². The van der Waals surface area contributed by atoms with Gasteiger partial charge in [0.1, 0.15) is 5.69 Å². The van der Waals surface area contributed by atoms with Gasteiger partial charge in [0.05, 0.1) is 21.1 Å². The lowest BCUT2D eigenvalue weighted by atomic mass is 10.2. The summed E-state index contributed by atoms with van der Waals surface area (Å²) in [5.74, 6) is -0.488. The molecule has 1 aromatic rings. The number of amides is 1. The number of carbonyl (C=O) groups is 1. The summed E-state index contributed by atoms with van der Waals surface area (Å²) in [5, 5.41) is 8.41. The van der Waals surface area contributed by atoms with Gasteiger partial charge in [0.2, 0.25) is 0 Å². The molecule has 0 bridgehead atoms. The predicted octanol–water partition coefficient (Wildman–Crippen LogP) is 1.00. The Morgan fingerprint density at radius 3 is 2.07 bits per heavy atom. The number of hydroxylamine groups is 1. The van der Waals surface area contributed by atoms with Crippen molar-refractivity contribution in [2.45, 2.75) is 0 Å². The molecule has 0 unspecified atom stereocenters. The molecule has 0 saturated carbocycles. The molecular formula is C10H15N2O2+. The first-order valence-electron chi connectivity index (χ1n) is 4.31. The molecule has 0 spiro atoms. The molecule has 0 saturated heterocycles. The van der Waals surface area contributed by atoms with E-state index in [1.54, 1.807) is 17.6 Å². The molecule has 1 aromatic carbocycles. The lowest BCUT2D eigenvalue weighted by Crippen LogP contribution is -2.34. The van der Waals surface area contributed by atoms with Crippen LogP contribution in [0.25, 0.3) is 0 Å². The average molecular weight is 195 g/mol. The highest BCUT2D eigenvalue weighted by Gasteiger charge is 2.12. The summed E-state index contributed by atoms with van der Waals surface area (Å²) < 4.78 is 0.695. The van der Waals surface area contributed by atoms with Crippen LogP contribution in [0.15, 0.2) is 24.3 Å². The van der Waals surface area contributed by atoms with Crippen LogP contribution in [0, 0.1) is 0 Å². The number of quaternary nitrogens is 1. The van der Waals surface area contributed by atoms with E-state index in [0.717, 1.165) is 5.69 Å². The van der Waals surface area contributed by atoms with Crippen LogP contribution in [0.2, 0.25) is 0 Å². The van der Waals surface area contributed by atoms with Gasteiger partial charge in [-0.05, 0) is 24.3 Å². The van der Waals surface area contributed by atoms with E-state index in [4.69, 9.17) is 5.21 Å². The molecule has 1 rings (SSSR count). The van der Waals surface area contributed by atoms with Crippen molar-refractivity contribution in [3.05, 3.63) is 29.8 Å². The zero-order chi connectivity index (χ0) is 10.8. The summed E-state index contributed by atoms with van der Waals surface area (Å²) in [6, 6.07) is 7.10. The number of nitrogens with zero attached hydrogens (tertiary/aromatic N) is 1. The van der Waals surface area contributed by atoms with Crippen molar-refractivity contribution in [2.24, 2.45) is 0 Å². The van der Waals surface area contributed by atoms with Crippen LogP contribution >= 0.6 is 0 Å². The van der Waals surface area contributed by atoms with Gasteiger partial charge < -0.3 is 0 Å². The van der Waals surface area contributed by atoms with E-state index in [-0.39, 0.29) is 0 Å². The van der Waals surface area contributed by atoms with Crippen LogP contribution in [-0.2, 0) is 0 Å². The zero-order valence-electron chi connectivity index (χ0n) is 8.61. The van der Waals surface area contributed by atoms with Gasteiger partial charge in [0, 0.05) is 5.56 Å². The fraction of sp³-hybridized carbons (Fsp3) is 0.300. The third kappa shape index (κ3) is 2.31. The van der Waals surface area contributed by atoms with E-state index in [1.807, 2.05) is 33.3 Å². The summed E-state index contributed by atoms with van der Waals surface area (Å²) in [5.41, 5.74) is 3.14. The van der Waals surface area contributed by atoms with Crippen LogP contribution in [0.3, 0.4) is 0 Å². The third-order valence-electron chi connectivity index (χ3n) is 2.01. The highest BCUT2D eigenvalue weighted by molar-refractivity contribution is 5.93. The van der Waals surface area contributed by atoms with Crippen molar-refractivity contribution in [3.8, 4) is 0 Å². The Kier molecular flexibility index (Phi) is 2.88. The summed E-state index contributed by atoms with van der Waals surface area (Å²) in [6.07, 6.45) is 0. The van der Waals surface area contributed by atoms with E-state index < -0.39 is 5.91 Å². The van der Waals surface area contributed by atoms with Crippen molar-refractivity contribution in [2.75, 3.05) is 21.1 Å². The van der Waals surface area contributed by atoms with E-state index in [0.29, 0.717) is 10.0 Å². The molecule has 0 radical (unpaired) electrons. The Morgan fingerprint density at radius 1 is 1.21 bits per heavy atom. The van der Waals surface area contributed by atoms with Gasteiger partial charge in [-0.2, -0.15) is 0 Å². The summed E-state index contributed by atoms with van der Waals surface area (Å²) in [4.78, 5) is 11.0.